The van der Waals surface area contributed by atoms with Crippen molar-refractivity contribution in [2.75, 3.05) is 0 Å². The molecule has 12 aromatic rings. The summed E-state index contributed by atoms with van der Waals surface area (Å²) in [7, 11) is 0. The molecule has 0 bridgehead atoms. The Labute approximate surface area is 348 Å². The largest absolute Gasteiger partial charge is 0.454 e. The summed E-state index contributed by atoms with van der Waals surface area (Å²) in [4.78, 5) is 20.7. The van der Waals surface area contributed by atoms with Crippen LogP contribution in [0.3, 0.4) is 0 Å². The minimum Gasteiger partial charge on any atom is -0.454 e. The molecule has 0 fully saturated rings. The Balaban J connectivity index is 1.01. The quantitative estimate of drug-likeness (QED) is 0.168. The first-order valence-corrected chi connectivity index (χ1v) is 20.8. The normalized spacial score (nSPS) is 11.7. The second kappa shape index (κ2) is 13.9. The van der Waals surface area contributed by atoms with E-state index in [0.717, 1.165) is 76.6 Å². The fourth-order valence-corrected chi connectivity index (χ4v) is 9.63. The van der Waals surface area contributed by atoms with Gasteiger partial charge in [0.2, 0.25) is 0 Å². The Morgan fingerprint density at radius 3 is 1.77 bits per heavy atom. The molecule has 0 saturated heterocycles. The third-order valence-corrected chi connectivity index (χ3v) is 12.6. The smallest absolute Gasteiger partial charge is 0.165 e. The molecule has 0 N–H and O–H groups in total. The van der Waals surface area contributed by atoms with Gasteiger partial charge in [-0.05, 0) is 58.7 Å². The van der Waals surface area contributed by atoms with Crippen LogP contribution in [0.2, 0.25) is 0 Å². The summed E-state index contributed by atoms with van der Waals surface area (Å²) >= 11 is 1.77. The molecule has 6 heteroatoms. The van der Waals surface area contributed by atoms with Crippen molar-refractivity contribution in [3.05, 3.63) is 194 Å². The standard InChI is InChI=1S/C54H32N4OS/c1-3-13-33(14-4-1)34-25-27-35(28-26-34)37-29-30-45-44(32-37)48-42-20-7-9-23-46(42)59-50(48)49(55-45)38-17-11-18-39(31-38)53-56-52(36-15-5-2-6-16-36)57-54(58-53)43-22-12-21-41-40-19-8-10-24-47(40)60-51(41)43/h1-32H. The second-order valence-corrected chi connectivity index (χ2v) is 16.0. The number of furan rings is 1. The van der Waals surface area contributed by atoms with E-state index in [0.29, 0.717) is 17.5 Å². The minimum atomic E-state index is 0.586. The Kier molecular flexibility index (Phi) is 7.96. The van der Waals surface area contributed by atoms with Crippen LogP contribution in [0, 0.1) is 0 Å². The lowest BCUT2D eigenvalue weighted by atomic mass is 9.97. The molecule has 0 unspecified atom stereocenters. The van der Waals surface area contributed by atoms with Gasteiger partial charge in [0, 0.05) is 58.6 Å². The molecule has 0 aliphatic carbocycles. The van der Waals surface area contributed by atoms with Gasteiger partial charge in [-0.2, -0.15) is 0 Å². The van der Waals surface area contributed by atoms with Gasteiger partial charge in [0.25, 0.3) is 0 Å². The van der Waals surface area contributed by atoms with E-state index in [-0.39, 0.29) is 0 Å². The first-order valence-electron chi connectivity index (χ1n) is 20.0. The maximum atomic E-state index is 6.72. The highest BCUT2D eigenvalue weighted by Crippen LogP contribution is 2.42. The molecule has 0 atom stereocenters. The summed E-state index contributed by atoms with van der Waals surface area (Å²) in [5.74, 6) is 1.84. The lowest BCUT2D eigenvalue weighted by Crippen LogP contribution is -2.00. The van der Waals surface area contributed by atoms with Crippen LogP contribution in [-0.2, 0) is 0 Å². The first kappa shape index (κ1) is 34.3. The number of aromatic nitrogens is 4. The molecular weight excluding hydrogens is 753 g/mol. The SMILES string of the molecule is c1ccc(-c2ccc(-c3ccc4nc(-c5cccc(-c6nc(-c7ccccc7)nc(-c7cccc8c7sc7ccccc78)n6)c5)c5oc6ccccc6c5c4c3)cc2)cc1. The molecule has 8 aromatic carbocycles. The molecule has 280 valence electrons. The van der Waals surface area contributed by atoms with Crippen molar-refractivity contribution in [2.24, 2.45) is 0 Å². The van der Waals surface area contributed by atoms with E-state index >= 15 is 0 Å². The van der Waals surface area contributed by atoms with Gasteiger partial charge in [-0.25, -0.2) is 19.9 Å². The second-order valence-electron chi connectivity index (χ2n) is 15.0. The number of hydrogen-bond acceptors (Lipinski definition) is 6. The lowest BCUT2D eigenvalue weighted by molar-refractivity contribution is 0.669. The molecule has 0 aliphatic rings. The fourth-order valence-electron chi connectivity index (χ4n) is 8.42. The molecule has 4 aromatic heterocycles. The summed E-state index contributed by atoms with van der Waals surface area (Å²) < 4.78 is 9.11. The Hall–Kier alpha value is -7.80. The van der Waals surface area contributed by atoms with Crippen molar-refractivity contribution in [2.45, 2.75) is 0 Å². The summed E-state index contributed by atoms with van der Waals surface area (Å²) in [5.41, 5.74) is 11.6. The van der Waals surface area contributed by atoms with Crippen molar-refractivity contribution >= 4 is 64.4 Å². The van der Waals surface area contributed by atoms with E-state index in [2.05, 4.69) is 140 Å². The van der Waals surface area contributed by atoms with Crippen molar-refractivity contribution < 1.29 is 4.42 Å². The van der Waals surface area contributed by atoms with Crippen molar-refractivity contribution in [1.29, 1.82) is 0 Å². The van der Waals surface area contributed by atoms with Crippen LogP contribution >= 0.6 is 11.3 Å². The molecule has 0 spiro atoms. The van der Waals surface area contributed by atoms with Crippen LogP contribution in [0.1, 0.15) is 0 Å². The molecule has 60 heavy (non-hydrogen) atoms. The van der Waals surface area contributed by atoms with Gasteiger partial charge in [0.1, 0.15) is 11.3 Å². The van der Waals surface area contributed by atoms with E-state index in [1.807, 2.05) is 54.6 Å². The maximum Gasteiger partial charge on any atom is 0.165 e. The molecular formula is C54H32N4OS. The van der Waals surface area contributed by atoms with E-state index in [9.17, 15) is 0 Å². The highest BCUT2D eigenvalue weighted by molar-refractivity contribution is 7.26. The van der Waals surface area contributed by atoms with Crippen LogP contribution in [0.5, 0.6) is 0 Å². The van der Waals surface area contributed by atoms with Crippen molar-refractivity contribution in [1.82, 2.24) is 19.9 Å². The van der Waals surface area contributed by atoms with Crippen LogP contribution in [0.15, 0.2) is 199 Å². The number of benzene rings is 8. The number of fused-ring (bicyclic) bond motifs is 8. The highest BCUT2D eigenvalue weighted by atomic mass is 32.1. The van der Waals surface area contributed by atoms with Gasteiger partial charge < -0.3 is 4.42 Å². The van der Waals surface area contributed by atoms with E-state index in [1.54, 1.807) is 11.3 Å². The van der Waals surface area contributed by atoms with Gasteiger partial charge in [-0.3, -0.25) is 0 Å². The zero-order chi connectivity index (χ0) is 39.6. The molecule has 0 amide bonds. The number of thiophene rings is 1. The van der Waals surface area contributed by atoms with Crippen molar-refractivity contribution in [3.63, 3.8) is 0 Å². The van der Waals surface area contributed by atoms with Crippen LogP contribution in [0.25, 0.3) is 121 Å². The maximum absolute atomic E-state index is 6.72. The van der Waals surface area contributed by atoms with Gasteiger partial charge in [0.15, 0.2) is 23.1 Å². The van der Waals surface area contributed by atoms with Crippen LogP contribution in [0.4, 0.5) is 0 Å². The zero-order valence-corrected chi connectivity index (χ0v) is 32.9. The highest BCUT2D eigenvalue weighted by Gasteiger charge is 2.21. The fraction of sp³-hybridized carbons (Fsp3) is 0. The number of nitrogens with zero attached hydrogens (tertiary/aromatic N) is 4. The number of pyridine rings is 1. The van der Waals surface area contributed by atoms with Crippen molar-refractivity contribution in [3.8, 4) is 67.7 Å². The number of hydrogen-bond donors (Lipinski definition) is 0. The summed E-state index contributed by atoms with van der Waals surface area (Å²) in [5, 5.41) is 5.58. The average Bonchev–Trinajstić information content (AvgIpc) is 3.91. The Morgan fingerprint density at radius 2 is 0.950 bits per heavy atom. The van der Waals surface area contributed by atoms with Gasteiger partial charge in [-0.1, -0.05) is 158 Å². The van der Waals surface area contributed by atoms with Gasteiger partial charge in [0.05, 0.1) is 5.52 Å². The number of rotatable bonds is 6. The summed E-state index contributed by atoms with van der Waals surface area (Å²) in [6, 6.07) is 67.4. The van der Waals surface area contributed by atoms with Crippen LogP contribution in [-0.4, -0.2) is 19.9 Å². The van der Waals surface area contributed by atoms with E-state index < -0.39 is 0 Å². The molecule has 4 heterocycles. The van der Waals surface area contributed by atoms with Gasteiger partial charge in [-0.15, -0.1) is 11.3 Å². The Bertz CT molecular complexity index is 3600. The predicted molar refractivity (Wildman–Crippen MR) is 248 cm³/mol. The first-order chi connectivity index (χ1) is 29.7. The molecule has 0 aliphatic heterocycles. The Morgan fingerprint density at radius 1 is 0.367 bits per heavy atom. The van der Waals surface area contributed by atoms with E-state index in [4.69, 9.17) is 24.4 Å². The van der Waals surface area contributed by atoms with E-state index in [1.165, 1.54) is 26.6 Å². The summed E-state index contributed by atoms with van der Waals surface area (Å²) in [6.07, 6.45) is 0. The molecule has 0 radical (unpaired) electrons. The lowest BCUT2D eigenvalue weighted by Gasteiger charge is -2.11. The topological polar surface area (TPSA) is 64.7 Å². The van der Waals surface area contributed by atoms with Crippen LogP contribution < -0.4 is 0 Å². The predicted octanol–water partition coefficient (Wildman–Crippen LogP) is 14.7. The third kappa shape index (κ3) is 5.76. The van der Waals surface area contributed by atoms with Gasteiger partial charge >= 0.3 is 0 Å². The summed E-state index contributed by atoms with van der Waals surface area (Å²) in [6.45, 7) is 0. The monoisotopic (exact) mass is 784 g/mol. The molecule has 0 saturated carbocycles. The molecule has 5 nitrogen and oxygen atoms in total. The minimum absolute atomic E-state index is 0.586. The molecule has 12 rings (SSSR count). The third-order valence-electron chi connectivity index (χ3n) is 11.3. The number of para-hydroxylation sites is 1. The average molecular weight is 785 g/mol. The zero-order valence-electron chi connectivity index (χ0n) is 32.1.